The van der Waals surface area contributed by atoms with E-state index in [1.54, 1.807) is 0 Å². The average molecular weight is 737 g/mol. The van der Waals surface area contributed by atoms with Crippen molar-refractivity contribution in [2.75, 3.05) is 0 Å². The van der Waals surface area contributed by atoms with Gasteiger partial charge in [0, 0.05) is 0 Å². The Hall–Kier alpha value is -5.46. The highest BCUT2D eigenvalue weighted by atomic mass is 14.2. The number of rotatable bonds is 9. The van der Waals surface area contributed by atoms with Crippen molar-refractivity contribution in [3.8, 4) is 22.3 Å². The van der Waals surface area contributed by atoms with Gasteiger partial charge in [0.1, 0.15) is 0 Å². The lowest BCUT2D eigenvalue weighted by Gasteiger charge is -2.19. The van der Waals surface area contributed by atoms with Crippen molar-refractivity contribution >= 4 is 43.5 Å². The summed E-state index contributed by atoms with van der Waals surface area (Å²) in [7, 11) is 0. The van der Waals surface area contributed by atoms with Crippen molar-refractivity contribution in [3.05, 3.63) is 181 Å². The SMILES string of the molecule is C=C(/C=C\C=C(/C)c1c2ccccc2c(-c2ccc(C)c(-c3cc4ccccc4cc3C)c2)c2ccccc12)c1ccccc1.CC.CCCC.CCCCC. The maximum atomic E-state index is 4.28. The Morgan fingerprint density at radius 2 is 1.04 bits per heavy atom. The first-order chi connectivity index (χ1) is 27.3. The van der Waals surface area contributed by atoms with E-state index in [4.69, 9.17) is 0 Å². The molecular formula is C56H64. The van der Waals surface area contributed by atoms with Crippen LogP contribution in [0, 0.1) is 13.8 Å². The van der Waals surface area contributed by atoms with Gasteiger partial charge in [-0.3, -0.25) is 0 Å². The van der Waals surface area contributed by atoms with Crippen LogP contribution in [0.3, 0.4) is 0 Å². The molecule has 0 aliphatic heterocycles. The lowest BCUT2D eigenvalue weighted by Crippen LogP contribution is -1.94. The van der Waals surface area contributed by atoms with Gasteiger partial charge in [-0.2, -0.15) is 0 Å². The molecule has 0 aliphatic rings. The third-order valence-electron chi connectivity index (χ3n) is 10.2. The van der Waals surface area contributed by atoms with Crippen LogP contribution in [0.5, 0.6) is 0 Å². The van der Waals surface area contributed by atoms with E-state index in [0.717, 1.165) is 11.1 Å². The molecule has 0 N–H and O–H groups in total. The van der Waals surface area contributed by atoms with Crippen LogP contribution in [0.25, 0.3) is 65.7 Å². The smallest absolute Gasteiger partial charge is 0.00262 e. The molecule has 56 heavy (non-hydrogen) atoms. The van der Waals surface area contributed by atoms with Gasteiger partial charge in [-0.1, -0.05) is 220 Å². The fourth-order valence-corrected chi connectivity index (χ4v) is 7.07. The van der Waals surface area contributed by atoms with Gasteiger partial charge < -0.3 is 0 Å². The van der Waals surface area contributed by atoms with Gasteiger partial charge in [0.2, 0.25) is 0 Å². The monoisotopic (exact) mass is 737 g/mol. The number of fused-ring (bicyclic) bond motifs is 3. The van der Waals surface area contributed by atoms with E-state index < -0.39 is 0 Å². The van der Waals surface area contributed by atoms with Crippen LogP contribution in [0.15, 0.2) is 158 Å². The quantitative estimate of drug-likeness (QED) is 0.102. The molecular weight excluding hydrogens is 673 g/mol. The Morgan fingerprint density at radius 3 is 1.57 bits per heavy atom. The first kappa shape index (κ1) is 43.3. The largest absolute Gasteiger partial charge is 0.0912 e. The van der Waals surface area contributed by atoms with Gasteiger partial charge in [-0.15, -0.1) is 0 Å². The van der Waals surface area contributed by atoms with Gasteiger partial charge >= 0.3 is 0 Å². The van der Waals surface area contributed by atoms with Crippen molar-refractivity contribution in [3.63, 3.8) is 0 Å². The van der Waals surface area contributed by atoms with Crippen LogP contribution in [0.1, 0.15) is 103 Å². The summed E-state index contributed by atoms with van der Waals surface area (Å²) in [5, 5.41) is 7.61. The van der Waals surface area contributed by atoms with E-state index in [2.05, 4.69) is 201 Å². The molecule has 7 aromatic rings. The van der Waals surface area contributed by atoms with Crippen LogP contribution in [-0.4, -0.2) is 0 Å². The molecule has 0 aromatic heterocycles. The minimum absolute atomic E-state index is 1.00. The van der Waals surface area contributed by atoms with Gasteiger partial charge in [-0.05, 0) is 121 Å². The van der Waals surface area contributed by atoms with E-state index in [0.29, 0.717) is 0 Å². The summed E-state index contributed by atoms with van der Waals surface area (Å²) in [6, 6.07) is 48.4. The molecule has 0 fully saturated rings. The van der Waals surface area contributed by atoms with Crippen molar-refractivity contribution in [2.45, 2.75) is 94.4 Å². The molecule has 0 bridgehead atoms. The Balaban J connectivity index is 0.000000565. The molecule has 0 atom stereocenters. The Kier molecular flexibility index (Phi) is 17.1. The van der Waals surface area contributed by atoms with Crippen LogP contribution in [0.2, 0.25) is 0 Å². The van der Waals surface area contributed by atoms with Crippen molar-refractivity contribution in [1.82, 2.24) is 0 Å². The average Bonchev–Trinajstić information content (AvgIpc) is 3.24. The Morgan fingerprint density at radius 1 is 0.536 bits per heavy atom. The molecule has 0 spiro atoms. The number of hydrogen-bond donors (Lipinski definition) is 0. The standard InChI is InChI=1S/C45H36.C5H12.C4H10.C2H6/c1-30(34-17-6-5-7-18-34)15-14-16-32(3)44-38-21-10-12-23-40(38)45(41-24-13-11-22-39(41)44)37-26-25-31(2)42(29-37)43-28-36-20-9-8-19-35(36)27-33(43)4;1-3-5-4-2;1-3-4-2;1-2/h5-29H,1H2,2-4H3;3-5H2,1-2H3;3-4H2,1-2H3;1-2H3/b15-14-,32-16+;;;. The zero-order chi connectivity index (χ0) is 40.5. The third kappa shape index (κ3) is 10.6. The maximum Gasteiger partial charge on any atom is -0.00262 e. The lowest BCUT2D eigenvalue weighted by atomic mass is 9.84. The second-order valence-corrected chi connectivity index (χ2v) is 14.3. The van der Waals surface area contributed by atoms with E-state index >= 15 is 0 Å². The second kappa shape index (κ2) is 22.2. The highest BCUT2D eigenvalue weighted by Crippen LogP contribution is 2.43. The van der Waals surface area contributed by atoms with Crippen LogP contribution < -0.4 is 0 Å². The van der Waals surface area contributed by atoms with Gasteiger partial charge in [0.05, 0.1) is 0 Å². The van der Waals surface area contributed by atoms with Gasteiger partial charge in [0.25, 0.3) is 0 Å². The zero-order valence-corrected chi connectivity index (χ0v) is 35.7. The van der Waals surface area contributed by atoms with Crippen molar-refractivity contribution in [1.29, 1.82) is 0 Å². The summed E-state index contributed by atoms with van der Waals surface area (Å²) in [5.74, 6) is 0. The Labute approximate surface area is 339 Å². The molecule has 7 rings (SSSR count). The van der Waals surface area contributed by atoms with Crippen LogP contribution in [-0.2, 0) is 0 Å². The van der Waals surface area contributed by atoms with E-state index in [1.807, 2.05) is 19.9 Å². The zero-order valence-electron chi connectivity index (χ0n) is 35.7. The Bertz CT molecular complexity index is 2320. The first-order valence-electron chi connectivity index (χ1n) is 21.0. The normalized spacial score (nSPS) is 11.1. The predicted octanol–water partition coefficient (Wildman–Crippen LogP) is 17.8. The summed E-state index contributed by atoms with van der Waals surface area (Å²) in [4.78, 5) is 0. The number of aryl methyl sites for hydroxylation is 2. The molecule has 0 aliphatic carbocycles. The lowest BCUT2D eigenvalue weighted by molar-refractivity contribution is 0.772. The highest BCUT2D eigenvalue weighted by Gasteiger charge is 2.17. The number of unbranched alkanes of at least 4 members (excludes halogenated alkanes) is 3. The highest BCUT2D eigenvalue weighted by molar-refractivity contribution is 6.19. The molecule has 0 saturated heterocycles. The van der Waals surface area contributed by atoms with E-state index in [1.165, 1.54) is 109 Å². The molecule has 288 valence electrons. The van der Waals surface area contributed by atoms with E-state index in [9.17, 15) is 0 Å². The van der Waals surface area contributed by atoms with Crippen LogP contribution in [0.4, 0.5) is 0 Å². The van der Waals surface area contributed by atoms with Crippen LogP contribution >= 0.6 is 0 Å². The molecule has 0 saturated carbocycles. The fourth-order valence-electron chi connectivity index (χ4n) is 7.07. The molecule has 7 aromatic carbocycles. The summed E-state index contributed by atoms with van der Waals surface area (Å²) in [5.41, 5.74) is 12.3. The second-order valence-electron chi connectivity index (χ2n) is 14.3. The molecule has 0 unspecified atom stereocenters. The fraction of sp³-hybridized carbons (Fsp3) is 0.250. The summed E-state index contributed by atoms with van der Waals surface area (Å²) >= 11 is 0. The molecule has 0 nitrogen and oxygen atoms in total. The topological polar surface area (TPSA) is 0 Å². The van der Waals surface area contributed by atoms with Crippen molar-refractivity contribution < 1.29 is 0 Å². The number of hydrogen-bond acceptors (Lipinski definition) is 0. The van der Waals surface area contributed by atoms with Gasteiger partial charge in [-0.25, -0.2) is 0 Å². The molecule has 0 heterocycles. The van der Waals surface area contributed by atoms with Gasteiger partial charge in [0.15, 0.2) is 0 Å². The molecule has 0 heteroatoms. The summed E-state index contributed by atoms with van der Waals surface area (Å²) < 4.78 is 0. The summed E-state index contributed by atoms with van der Waals surface area (Å²) in [6.07, 6.45) is 13.2. The van der Waals surface area contributed by atoms with E-state index in [-0.39, 0.29) is 0 Å². The molecule has 0 amide bonds. The first-order valence-corrected chi connectivity index (χ1v) is 21.0. The van der Waals surface area contributed by atoms with Crippen molar-refractivity contribution in [2.24, 2.45) is 0 Å². The minimum Gasteiger partial charge on any atom is -0.0912 e. The summed E-state index contributed by atoms with van der Waals surface area (Å²) in [6.45, 7) is 23.7. The molecule has 0 radical (unpaired) electrons. The predicted molar refractivity (Wildman–Crippen MR) is 255 cm³/mol. The number of benzene rings is 7. The number of allylic oxidation sites excluding steroid dienone is 5. The third-order valence-corrected chi connectivity index (χ3v) is 10.2. The maximum absolute atomic E-state index is 4.28. The minimum atomic E-state index is 1.00.